The zero-order chi connectivity index (χ0) is 39.3. The zero-order valence-electron chi connectivity index (χ0n) is 32.7. The molecule has 278 valence electrons. The van der Waals surface area contributed by atoms with Crippen molar-refractivity contribution in [3.8, 4) is 33.6 Å². The Morgan fingerprint density at radius 1 is 0.217 bits per heavy atom. The lowest BCUT2D eigenvalue weighted by atomic mass is 9.87. The quantitative estimate of drug-likeness (QED) is 0.158. The number of nitrogens with zero attached hydrogens (tertiary/aromatic N) is 2. The van der Waals surface area contributed by atoms with E-state index in [4.69, 9.17) is 0 Å². The molecule has 2 aromatic heterocycles. The summed E-state index contributed by atoms with van der Waals surface area (Å²) in [4.78, 5) is 0. The molecule has 0 saturated heterocycles. The van der Waals surface area contributed by atoms with Crippen LogP contribution in [0.25, 0.3) is 120 Å². The molecule has 0 aliphatic carbocycles. The standard InChI is InChI=1S/C58H36N2/c1-2-14-40(15-3-1)60-54-24-12-10-20-46(54)48-32-28-39(35-57(48)60)38-29-33-56-52(34-38)47-21-11-13-25-55(47)59(56)41-30-26-37(27-31-41)51-36-53-44-18-5-4-16-42(44)43-17-6-8-22-49(43)58(53)50-23-9-7-19-45(50)51/h1-36H. The van der Waals surface area contributed by atoms with E-state index in [1.165, 1.54) is 115 Å². The van der Waals surface area contributed by atoms with Crippen molar-refractivity contribution in [2.75, 3.05) is 0 Å². The van der Waals surface area contributed by atoms with Crippen LogP contribution in [-0.4, -0.2) is 9.13 Å². The molecular formula is C58H36N2. The van der Waals surface area contributed by atoms with Gasteiger partial charge in [0.15, 0.2) is 0 Å². The maximum Gasteiger partial charge on any atom is 0.0547 e. The Labute approximate surface area is 346 Å². The summed E-state index contributed by atoms with van der Waals surface area (Å²) in [6, 6.07) is 80.5. The van der Waals surface area contributed by atoms with Gasteiger partial charge in [-0.3, -0.25) is 0 Å². The van der Waals surface area contributed by atoms with Crippen LogP contribution in [0, 0.1) is 0 Å². The summed E-state index contributed by atoms with van der Waals surface area (Å²) in [5.41, 5.74) is 12.0. The molecule has 0 aliphatic heterocycles. The maximum atomic E-state index is 2.43. The largest absolute Gasteiger partial charge is 0.309 e. The number of hydrogen-bond acceptors (Lipinski definition) is 0. The summed E-state index contributed by atoms with van der Waals surface area (Å²) < 4.78 is 4.82. The number of fused-ring (bicyclic) bond motifs is 14. The molecule has 2 heteroatoms. The Bertz CT molecular complexity index is 3870. The van der Waals surface area contributed by atoms with Gasteiger partial charge in [-0.1, -0.05) is 158 Å². The van der Waals surface area contributed by atoms with E-state index in [0.717, 1.165) is 5.69 Å². The van der Waals surface area contributed by atoms with Crippen LogP contribution in [0.15, 0.2) is 218 Å². The van der Waals surface area contributed by atoms with Crippen LogP contribution in [0.5, 0.6) is 0 Å². The maximum absolute atomic E-state index is 2.43. The Morgan fingerprint density at radius 2 is 0.650 bits per heavy atom. The molecule has 0 N–H and O–H groups in total. The van der Waals surface area contributed by atoms with Gasteiger partial charge in [-0.2, -0.15) is 0 Å². The van der Waals surface area contributed by atoms with Gasteiger partial charge in [-0.25, -0.2) is 0 Å². The van der Waals surface area contributed by atoms with Crippen molar-refractivity contribution in [2.45, 2.75) is 0 Å². The summed E-state index contributed by atoms with van der Waals surface area (Å²) in [7, 11) is 0. The van der Waals surface area contributed by atoms with Crippen LogP contribution in [0.3, 0.4) is 0 Å². The molecule has 0 atom stereocenters. The first-order valence-corrected chi connectivity index (χ1v) is 20.8. The summed E-state index contributed by atoms with van der Waals surface area (Å²) in [6.07, 6.45) is 0. The van der Waals surface area contributed by atoms with E-state index >= 15 is 0 Å². The van der Waals surface area contributed by atoms with Crippen molar-refractivity contribution in [3.05, 3.63) is 218 Å². The fourth-order valence-electron chi connectivity index (χ4n) is 10.2. The number of rotatable bonds is 4. The van der Waals surface area contributed by atoms with Crippen LogP contribution in [0.4, 0.5) is 0 Å². The lowest BCUT2D eigenvalue weighted by Gasteiger charge is -2.16. The molecule has 60 heavy (non-hydrogen) atoms. The molecule has 0 unspecified atom stereocenters. The monoisotopic (exact) mass is 760 g/mol. The second kappa shape index (κ2) is 12.8. The highest BCUT2D eigenvalue weighted by Crippen LogP contribution is 2.44. The van der Waals surface area contributed by atoms with Gasteiger partial charge in [0.2, 0.25) is 0 Å². The van der Waals surface area contributed by atoms with Gasteiger partial charge in [0, 0.05) is 32.9 Å². The lowest BCUT2D eigenvalue weighted by molar-refractivity contribution is 1.18. The number of aromatic nitrogens is 2. The van der Waals surface area contributed by atoms with Crippen LogP contribution >= 0.6 is 0 Å². The molecule has 0 fully saturated rings. The summed E-state index contributed by atoms with van der Waals surface area (Å²) in [6.45, 7) is 0. The molecule has 0 aliphatic rings. The Kier molecular flexibility index (Phi) is 7.05. The van der Waals surface area contributed by atoms with Crippen LogP contribution < -0.4 is 0 Å². The Hall–Kier alpha value is -7.94. The van der Waals surface area contributed by atoms with Gasteiger partial charge in [0.1, 0.15) is 0 Å². The highest BCUT2D eigenvalue weighted by Gasteiger charge is 2.18. The molecule has 0 amide bonds. The lowest BCUT2D eigenvalue weighted by Crippen LogP contribution is -1.94. The molecule has 13 rings (SSSR count). The van der Waals surface area contributed by atoms with Crippen molar-refractivity contribution in [3.63, 3.8) is 0 Å². The number of benzene rings is 11. The SMILES string of the molecule is c1ccc(-n2c3ccccc3c3ccc(-c4ccc5c(c4)c4ccccc4n5-c4ccc(-c5cc6c7ccccc7c7ccccc7c6c6ccccc56)cc4)cc32)cc1. The molecule has 0 spiro atoms. The van der Waals surface area contributed by atoms with E-state index in [0.29, 0.717) is 0 Å². The van der Waals surface area contributed by atoms with Crippen LogP contribution in [-0.2, 0) is 0 Å². The van der Waals surface area contributed by atoms with E-state index in [2.05, 4.69) is 228 Å². The second-order valence-corrected chi connectivity index (χ2v) is 16.0. The van der Waals surface area contributed by atoms with E-state index < -0.39 is 0 Å². The first-order chi connectivity index (χ1) is 29.8. The summed E-state index contributed by atoms with van der Waals surface area (Å²) in [5.74, 6) is 0. The van der Waals surface area contributed by atoms with E-state index in [9.17, 15) is 0 Å². The Morgan fingerprint density at radius 3 is 1.35 bits per heavy atom. The zero-order valence-corrected chi connectivity index (χ0v) is 32.7. The smallest absolute Gasteiger partial charge is 0.0547 e. The van der Waals surface area contributed by atoms with Crippen molar-refractivity contribution >= 4 is 86.7 Å². The highest BCUT2D eigenvalue weighted by molar-refractivity contribution is 6.33. The van der Waals surface area contributed by atoms with Gasteiger partial charge in [-0.15, -0.1) is 0 Å². The molecule has 0 bridgehead atoms. The minimum Gasteiger partial charge on any atom is -0.309 e. The fourth-order valence-corrected chi connectivity index (χ4v) is 10.2. The van der Waals surface area contributed by atoms with Crippen molar-refractivity contribution in [1.82, 2.24) is 9.13 Å². The summed E-state index contributed by atoms with van der Waals surface area (Å²) in [5, 5.41) is 15.4. The number of para-hydroxylation sites is 3. The third kappa shape index (κ3) is 4.76. The van der Waals surface area contributed by atoms with Gasteiger partial charge in [0.05, 0.1) is 22.1 Å². The second-order valence-electron chi connectivity index (χ2n) is 16.0. The fraction of sp³-hybridized carbons (Fsp3) is 0. The van der Waals surface area contributed by atoms with E-state index in [-0.39, 0.29) is 0 Å². The van der Waals surface area contributed by atoms with Crippen molar-refractivity contribution in [2.24, 2.45) is 0 Å². The third-order valence-electron chi connectivity index (χ3n) is 12.9. The van der Waals surface area contributed by atoms with E-state index in [1.54, 1.807) is 0 Å². The molecule has 0 saturated carbocycles. The minimum atomic E-state index is 1.15. The Balaban J connectivity index is 0.960. The third-order valence-corrected chi connectivity index (χ3v) is 12.9. The van der Waals surface area contributed by atoms with E-state index in [1.807, 2.05) is 0 Å². The van der Waals surface area contributed by atoms with Crippen molar-refractivity contribution in [1.29, 1.82) is 0 Å². The average Bonchev–Trinajstić information content (AvgIpc) is 3.84. The predicted octanol–water partition coefficient (Wildman–Crippen LogP) is 15.8. The highest BCUT2D eigenvalue weighted by atomic mass is 15.0. The van der Waals surface area contributed by atoms with Crippen LogP contribution in [0.2, 0.25) is 0 Å². The predicted molar refractivity (Wildman–Crippen MR) is 256 cm³/mol. The molecule has 2 nitrogen and oxygen atoms in total. The first kappa shape index (κ1) is 33.1. The molecular weight excluding hydrogens is 725 g/mol. The molecule has 2 heterocycles. The van der Waals surface area contributed by atoms with Gasteiger partial charge in [-0.05, 0) is 126 Å². The normalized spacial score (nSPS) is 12.0. The van der Waals surface area contributed by atoms with Gasteiger partial charge >= 0.3 is 0 Å². The summed E-state index contributed by atoms with van der Waals surface area (Å²) >= 11 is 0. The molecule has 11 aromatic carbocycles. The van der Waals surface area contributed by atoms with Crippen LogP contribution in [0.1, 0.15) is 0 Å². The molecule has 0 radical (unpaired) electrons. The van der Waals surface area contributed by atoms with Gasteiger partial charge in [0.25, 0.3) is 0 Å². The first-order valence-electron chi connectivity index (χ1n) is 20.8. The molecule has 13 aromatic rings. The topological polar surface area (TPSA) is 9.86 Å². The van der Waals surface area contributed by atoms with Gasteiger partial charge < -0.3 is 9.13 Å². The minimum absolute atomic E-state index is 1.15. The number of hydrogen-bond donors (Lipinski definition) is 0. The average molecular weight is 761 g/mol. The van der Waals surface area contributed by atoms with Crippen molar-refractivity contribution < 1.29 is 0 Å².